The average molecular weight is 516 g/mol. The van der Waals surface area contributed by atoms with Crippen LogP contribution in [0.4, 0.5) is 5.69 Å². The number of aromatic carboxylic acids is 1. The zero-order valence-electron chi connectivity index (χ0n) is 22.0. The van der Waals surface area contributed by atoms with Crippen LogP contribution in [0, 0.1) is 6.92 Å². The van der Waals surface area contributed by atoms with Crippen LogP contribution < -0.4 is 16.2 Å². The SMILES string of the molecule is Cc1cc([C@@H](C)Nc2ccccc2C(=O)O)c2nc(C3=CCN(C(=O)C4CCCN4)CC3)n(C)c(=O)c2c1. The largest absolute Gasteiger partial charge is 0.478 e. The summed E-state index contributed by atoms with van der Waals surface area (Å²) in [5.74, 6) is -0.279. The van der Waals surface area contributed by atoms with Gasteiger partial charge in [0, 0.05) is 31.4 Å². The number of fused-ring (bicyclic) bond motifs is 1. The van der Waals surface area contributed by atoms with E-state index in [1.54, 1.807) is 35.9 Å². The summed E-state index contributed by atoms with van der Waals surface area (Å²) in [5, 5.41) is 16.7. The van der Waals surface area contributed by atoms with E-state index in [0.717, 1.165) is 36.1 Å². The van der Waals surface area contributed by atoms with Crippen LogP contribution in [0.1, 0.15) is 59.5 Å². The highest BCUT2D eigenvalue weighted by atomic mass is 16.4. The first-order valence-electron chi connectivity index (χ1n) is 13.1. The number of para-hydroxylation sites is 1. The predicted octanol–water partition coefficient (Wildman–Crippen LogP) is 3.48. The Hall–Kier alpha value is -3.98. The van der Waals surface area contributed by atoms with E-state index < -0.39 is 5.97 Å². The van der Waals surface area contributed by atoms with Gasteiger partial charge in [-0.15, -0.1) is 0 Å². The Bertz CT molecular complexity index is 1500. The van der Waals surface area contributed by atoms with Crippen LogP contribution in [0.2, 0.25) is 0 Å². The highest BCUT2D eigenvalue weighted by Gasteiger charge is 2.29. The fourth-order valence-corrected chi connectivity index (χ4v) is 5.46. The normalized spacial score (nSPS) is 18.3. The number of aryl methyl sites for hydroxylation is 1. The van der Waals surface area contributed by atoms with Gasteiger partial charge in [-0.25, -0.2) is 9.78 Å². The number of aromatic nitrogens is 2. The van der Waals surface area contributed by atoms with Crippen molar-refractivity contribution in [2.75, 3.05) is 25.0 Å². The van der Waals surface area contributed by atoms with Crippen LogP contribution in [0.25, 0.3) is 16.5 Å². The molecule has 0 saturated carbocycles. The van der Waals surface area contributed by atoms with Crippen molar-refractivity contribution in [2.24, 2.45) is 7.05 Å². The van der Waals surface area contributed by atoms with Crippen LogP contribution in [-0.4, -0.2) is 57.1 Å². The van der Waals surface area contributed by atoms with Gasteiger partial charge in [0.2, 0.25) is 5.91 Å². The number of carboxylic acids is 1. The minimum absolute atomic E-state index is 0.0980. The second-order valence-electron chi connectivity index (χ2n) is 10.2. The summed E-state index contributed by atoms with van der Waals surface area (Å²) in [6.45, 7) is 5.83. The van der Waals surface area contributed by atoms with Crippen molar-refractivity contribution in [1.82, 2.24) is 19.8 Å². The number of carbonyl (C=O) groups excluding carboxylic acids is 1. The molecule has 1 amide bonds. The van der Waals surface area contributed by atoms with Crippen molar-refractivity contribution < 1.29 is 14.7 Å². The lowest BCUT2D eigenvalue weighted by Gasteiger charge is -2.29. The summed E-state index contributed by atoms with van der Waals surface area (Å²) in [7, 11) is 1.73. The smallest absolute Gasteiger partial charge is 0.337 e. The van der Waals surface area contributed by atoms with Crippen molar-refractivity contribution in [2.45, 2.75) is 45.2 Å². The Morgan fingerprint density at radius 3 is 2.71 bits per heavy atom. The second kappa shape index (κ2) is 10.4. The van der Waals surface area contributed by atoms with Gasteiger partial charge in [-0.2, -0.15) is 0 Å². The molecule has 0 spiro atoms. The van der Waals surface area contributed by atoms with E-state index in [4.69, 9.17) is 4.98 Å². The first-order chi connectivity index (χ1) is 18.2. The van der Waals surface area contributed by atoms with E-state index in [-0.39, 0.29) is 29.1 Å². The molecule has 9 heteroatoms. The van der Waals surface area contributed by atoms with Gasteiger partial charge in [-0.1, -0.05) is 24.3 Å². The first-order valence-corrected chi connectivity index (χ1v) is 13.1. The lowest BCUT2D eigenvalue weighted by atomic mass is 9.99. The topological polar surface area (TPSA) is 117 Å². The van der Waals surface area contributed by atoms with Crippen LogP contribution in [0.3, 0.4) is 0 Å². The third-order valence-electron chi connectivity index (χ3n) is 7.52. The van der Waals surface area contributed by atoms with E-state index in [1.807, 2.05) is 37.0 Å². The van der Waals surface area contributed by atoms with Crippen molar-refractivity contribution >= 4 is 34.0 Å². The van der Waals surface area contributed by atoms with Crippen molar-refractivity contribution in [1.29, 1.82) is 0 Å². The zero-order valence-corrected chi connectivity index (χ0v) is 22.0. The second-order valence-corrected chi connectivity index (χ2v) is 10.2. The highest BCUT2D eigenvalue weighted by Crippen LogP contribution is 2.29. The number of hydrogen-bond acceptors (Lipinski definition) is 6. The fraction of sp³-hybridized carbons (Fsp3) is 0.379. The molecule has 2 aliphatic rings. The third kappa shape index (κ3) is 4.81. The number of carbonyl (C=O) groups is 2. The van der Waals surface area contributed by atoms with Gasteiger partial charge in [-0.05, 0) is 69.0 Å². The van der Waals surface area contributed by atoms with E-state index in [9.17, 15) is 19.5 Å². The molecule has 3 N–H and O–H groups in total. The summed E-state index contributed by atoms with van der Waals surface area (Å²) < 4.78 is 1.59. The molecule has 3 heterocycles. The number of nitrogens with one attached hydrogen (secondary N) is 2. The van der Waals surface area contributed by atoms with Gasteiger partial charge in [0.1, 0.15) is 5.82 Å². The molecule has 5 rings (SSSR count). The maximum atomic E-state index is 13.5. The van der Waals surface area contributed by atoms with Crippen molar-refractivity contribution in [3.63, 3.8) is 0 Å². The number of carboxylic acid groups (broad SMARTS) is 1. The molecule has 1 aromatic heterocycles. The number of amides is 1. The van der Waals surface area contributed by atoms with Crippen molar-refractivity contribution in [3.8, 4) is 0 Å². The molecule has 38 heavy (non-hydrogen) atoms. The third-order valence-corrected chi connectivity index (χ3v) is 7.52. The molecule has 2 aromatic carbocycles. The standard InChI is InChI=1S/C29H33N5O4/c1-17-15-21(18(2)31-23-8-5-4-7-20(23)29(37)38)25-22(16-17)27(35)33(3)26(32-25)19-10-13-34(14-11-19)28(36)24-9-6-12-30-24/h4-5,7-8,10,15-16,18,24,30-31H,6,9,11-14H2,1-3H3,(H,37,38)/t18-,24?/m1/s1. The molecule has 0 aliphatic carbocycles. The van der Waals surface area contributed by atoms with E-state index in [0.29, 0.717) is 41.9 Å². The molecular weight excluding hydrogens is 482 g/mol. The van der Waals surface area contributed by atoms with E-state index in [1.165, 1.54) is 0 Å². The van der Waals surface area contributed by atoms with Crippen LogP contribution in [0.15, 0.2) is 47.3 Å². The lowest BCUT2D eigenvalue weighted by Crippen LogP contribution is -2.45. The van der Waals surface area contributed by atoms with Crippen molar-refractivity contribution in [3.05, 3.63) is 75.3 Å². The van der Waals surface area contributed by atoms with Gasteiger partial charge < -0.3 is 20.6 Å². The number of nitrogens with zero attached hydrogens (tertiary/aromatic N) is 3. The van der Waals surface area contributed by atoms with Crippen LogP contribution in [0.5, 0.6) is 0 Å². The molecule has 1 unspecified atom stereocenters. The molecule has 1 fully saturated rings. The Morgan fingerprint density at radius 2 is 2.03 bits per heavy atom. The zero-order chi connectivity index (χ0) is 27.0. The maximum Gasteiger partial charge on any atom is 0.337 e. The number of rotatable bonds is 6. The summed E-state index contributed by atoms with van der Waals surface area (Å²) in [4.78, 5) is 44.9. The molecule has 2 atom stereocenters. The highest BCUT2D eigenvalue weighted by molar-refractivity contribution is 5.94. The van der Waals surface area contributed by atoms with E-state index >= 15 is 0 Å². The van der Waals surface area contributed by atoms with Gasteiger partial charge in [-0.3, -0.25) is 14.2 Å². The first kappa shape index (κ1) is 25.7. The average Bonchev–Trinajstić information content (AvgIpc) is 3.45. The summed E-state index contributed by atoms with van der Waals surface area (Å²) >= 11 is 0. The van der Waals surface area contributed by atoms with Gasteiger partial charge >= 0.3 is 5.97 Å². The number of hydrogen-bond donors (Lipinski definition) is 3. The molecule has 3 aromatic rings. The molecule has 0 radical (unpaired) electrons. The van der Waals surface area contributed by atoms with Gasteiger partial charge in [0.15, 0.2) is 0 Å². The minimum atomic E-state index is -1.01. The van der Waals surface area contributed by atoms with E-state index in [2.05, 4.69) is 10.6 Å². The Kier molecular flexibility index (Phi) is 7.03. The maximum absolute atomic E-state index is 13.5. The Labute approximate surface area is 221 Å². The summed E-state index contributed by atoms with van der Waals surface area (Å²) in [6, 6.07) is 10.2. The van der Waals surface area contributed by atoms with Crippen LogP contribution in [-0.2, 0) is 11.8 Å². The Balaban J connectivity index is 1.50. The lowest BCUT2D eigenvalue weighted by molar-refractivity contribution is -0.132. The Morgan fingerprint density at radius 1 is 1.24 bits per heavy atom. The molecule has 198 valence electrons. The summed E-state index contributed by atoms with van der Waals surface area (Å²) in [5.41, 5.74) is 3.82. The minimum Gasteiger partial charge on any atom is -0.478 e. The predicted molar refractivity (Wildman–Crippen MR) is 147 cm³/mol. The van der Waals surface area contributed by atoms with Gasteiger partial charge in [0.05, 0.1) is 28.6 Å². The molecular formula is C29H33N5O4. The number of anilines is 1. The molecule has 1 saturated heterocycles. The molecule has 2 aliphatic heterocycles. The summed E-state index contributed by atoms with van der Waals surface area (Å²) in [6.07, 6.45) is 4.51. The number of benzene rings is 2. The monoisotopic (exact) mass is 515 g/mol. The van der Waals surface area contributed by atoms with Gasteiger partial charge in [0.25, 0.3) is 5.56 Å². The van der Waals surface area contributed by atoms with Crippen LogP contribution >= 0.6 is 0 Å². The fourth-order valence-electron chi connectivity index (χ4n) is 5.46. The molecule has 9 nitrogen and oxygen atoms in total. The quantitative estimate of drug-likeness (QED) is 0.460. The molecule has 0 bridgehead atoms.